The number of anilines is 1. The summed E-state index contributed by atoms with van der Waals surface area (Å²) in [5.41, 5.74) is 7.10. The lowest BCUT2D eigenvalue weighted by atomic mass is 10.2. The van der Waals surface area contributed by atoms with Gasteiger partial charge in [-0.2, -0.15) is 5.10 Å². The summed E-state index contributed by atoms with van der Waals surface area (Å²) in [4.78, 5) is 1.10. The third-order valence-corrected chi connectivity index (χ3v) is 4.61. The van der Waals surface area contributed by atoms with Gasteiger partial charge >= 0.3 is 0 Å². The Morgan fingerprint density at radius 1 is 1.30 bits per heavy atom. The molecule has 0 aliphatic heterocycles. The van der Waals surface area contributed by atoms with E-state index in [2.05, 4.69) is 36.6 Å². The number of methoxy groups -OCH3 is 1. The van der Waals surface area contributed by atoms with Crippen molar-refractivity contribution in [1.82, 2.24) is 20.3 Å². The molecule has 3 rings (SSSR count). The third kappa shape index (κ3) is 4.68. The van der Waals surface area contributed by atoms with Crippen molar-refractivity contribution in [1.29, 1.82) is 0 Å². The molecule has 0 bridgehead atoms. The molecule has 0 fully saturated rings. The Kier molecular flexibility index (Phi) is 6.15. The SMILES string of the molecule is COc1cc(C=Nn2nnnc2N)cc(Br)c1OCc1ccc(Cl)cc1Cl. The second-order valence-corrected chi connectivity index (χ2v) is 6.93. The summed E-state index contributed by atoms with van der Waals surface area (Å²) in [5.74, 6) is 1.13. The van der Waals surface area contributed by atoms with Gasteiger partial charge in [0.25, 0.3) is 5.95 Å². The average molecular weight is 472 g/mol. The first-order valence-corrected chi connectivity index (χ1v) is 9.05. The van der Waals surface area contributed by atoms with E-state index in [0.717, 1.165) is 15.9 Å². The second-order valence-electron chi connectivity index (χ2n) is 5.23. The molecule has 11 heteroatoms. The average Bonchev–Trinajstić information content (AvgIpc) is 3.05. The van der Waals surface area contributed by atoms with Crippen LogP contribution >= 0.6 is 39.1 Å². The van der Waals surface area contributed by atoms with E-state index in [-0.39, 0.29) is 12.6 Å². The van der Waals surface area contributed by atoms with Crippen LogP contribution in [0.3, 0.4) is 0 Å². The fourth-order valence-electron chi connectivity index (χ4n) is 2.14. The zero-order valence-corrected chi connectivity index (χ0v) is 17.0. The predicted octanol–water partition coefficient (Wildman–Crippen LogP) is 3.79. The fraction of sp³-hybridized carbons (Fsp3) is 0.125. The quantitative estimate of drug-likeness (QED) is 0.549. The molecule has 0 saturated heterocycles. The van der Waals surface area contributed by atoms with E-state index in [0.29, 0.717) is 26.0 Å². The Hall–Kier alpha value is -2.36. The lowest BCUT2D eigenvalue weighted by molar-refractivity contribution is 0.282. The summed E-state index contributed by atoms with van der Waals surface area (Å²) in [5, 5.41) is 15.8. The molecule has 27 heavy (non-hydrogen) atoms. The summed E-state index contributed by atoms with van der Waals surface area (Å²) in [7, 11) is 1.55. The van der Waals surface area contributed by atoms with E-state index >= 15 is 0 Å². The summed E-state index contributed by atoms with van der Waals surface area (Å²) in [6, 6.07) is 8.79. The number of benzene rings is 2. The molecule has 140 valence electrons. The number of ether oxygens (including phenoxy) is 2. The highest BCUT2D eigenvalue weighted by atomic mass is 79.9. The van der Waals surface area contributed by atoms with Gasteiger partial charge in [-0.05, 0) is 56.2 Å². The van der Waals surface area contributed by atoms with Gasteiger partial charge in [0.2, 0.25) is 0 Å². The Morgan fingerprint density at radius 2 is 2.11 bits per heavy atom. The van der Waals surface area contributed by atoms with Crippen LogP contribution in [-0.4, -0.2) is 33.6 Å². The molecule has 0 saturated carbocycles. The number of hydrogen-bond acceptors (Lipinski definition) is 7. The molecule has 2 N–H and O–H groups in total. The van der Waals surface area contributed by atoms with E-state index in [4.69, 9.17) is 38.4 Å². The molecule has 0 radical (unpaired) electrons. The number of nitrogen functional groups attached to an aromatic ring is 1. The van der Waals surface area contributed by atoms with Gasteiger partial charge in [0, 0.05) is 15.6 Å². The van der Waals surface area contributed by atoms with Gasteiger partial charge in [-0.1, -0.05) is 39.2 Å². The van der Waals surface area contributed by atoms with E-state index in [1.807, 2.05) is 12.1 Å². The van der Waals surface area contributed by atoms with Crippen LogP contribution in [0.25, 0.3) is 0 Å². The molecule has 0 aliphatic carbocycles. The maximum Gasteiger partial charge on any atom is 0.263 e. The first-order valence-electron chi connectivity index (χ1n) is 7.50. The van der Waals surface area contributed by atoms with E-state index in [1.54, 1.807) is 31.5 Å². The largest absolute Gasteiger partial charge is 0.493 e. The zero-order valence-electron chi connectivity index (χ0n) is 13.9. The Morgan fingerprint density at radius 3 is 2.78 bits per heavy atom. The van der Waals surface area contributed by atoms with Crippen LogP contribution in [0.1, 0.15) is 11.1 Å². The molecule has 0 aliphatic rings. The van der Waals surface area contributed by atoms with Crippen LogP contribution in [0, 0.1) is 0 Å². The smallest absolute Gasteiger partial charge is 0.263 e. The molecule has 0 atom stereocenters. The van der Waals surface area contributed by atoms with Gasteiger partial charge in [0.15, 0.2) is 11.5 Å². The van der Waals surface area contributed by atoms with Gasteiger partial charge in [0.1, 0.15) is 6.61 Å². The van der Waals surface area contributed by atoms with Crippen LogP contribution in [0.5, 0.6) is 11.5 Å². The van der Waals surface area contributed by atoms with Gasteiger partial charge in [0.05, 0.1) is 17.8 Å². The number of tetrazole rings is 1. The number of nitrogens with zero attached hydrogens (tertiary/aromatic N) is 5. The van der Waals surface area contributed by atoms with Crippen molar-refractivity contribution in [3.63, 3.8) is 0 Å². The van der Waals surface area contributed by atoms with Crippen molar-refractivity contribution >= 4 is 51.3 Å². The number of hydrogen-bond donors (Lipinski definition) is 1. The molecular formula is C16H13BrCl2N6O2. The number of nitrogens with two attached hydrogens (primary N) is 1. The molecule has 0 amide bonds. The summed E-state index contributed by atoms with van der Waals surface area (Å²) in [6.07, 6.45) is 1.54. The lowest BCUT2D eigenvalue weighted by Crippen LogP contribution is -2.01. The van der Waals surface area contributed by atoms with Gasteiger partial charge in [-0.3, -0.25) is 0 Å². The Balaban J connectivity index is 1.81. The van der Waals surface area contributed by atoms with Crippen LogP contribution in [0.4, 0.5) is 5.95 Å². The molecule has 0 spiro atoms. The molecular weight excluding hydrogens is 459 g/mol. The summed E-state index contributed by atoms with van der Waals surface area (Å²) >= 11 is 15.6. The minimum Gasteiger partial charge on any atom is -0.493 e. The highest BCUT2D eigenvalue weighted by molar-refractivity contribution is 9.10. The molecule has 3 aromatic rings. The van der Waals surface area contributed by atoms with Crippen LogP contribution < -0.4 is 15.2 Å². The number of halogens is 3. The van der Waals surface area contributed by atoms with Crippen LogP contribution in [0.2, 0.25) is 10.0 Å². The number of rotatable bonds is 6. The topological polar surface area (TPSA) is 100 Å². The first kappa shape index (κ1) is 19.4. The monoisotopic (exact) mass is 470 g/mol. The van der Waals surface area contributed by atoms with E-state index < -0.39 is 0 Å². The second kappa shape index (κ2) is 8.55. The van der Waals surface area contributed by atoms with Crippen LogP contribution in [-0.2, 0) is 6.61 Å². The van der Waals surface area contributed by atoms with Crippen molar-refractivity contribution in [2.24, 2.45) is 5.10 Å². The molecule has 8 nitrogen and oxygen atoms in total. The summed E-state index contributed by atoms with van der Waals surface area (Å²) in [6.45, 7) is 0.250. The van der Waals surface area contributed by atoms with Gasteiger partial charge in [-0.15, -0.1) is 0 Å². The van der Waals surface area contributed by atoms with Gasteiger partial charge in [-0.25, -0.2) is 0 Å². The van der Waals surface area contributed by atoms with Crippen LogP contribution in [0.15, 0.2) is 39.9 Å². The van der Waals surface area contributed by atoms with Crippen molar-refractivity contribution in [3.8, 4) is 11.5 Å². The van der Waals surface area contributed by atoms with Gasteiger partial charge < -0.3 is 15.2 Å². The van der Waals surface area contributed by atoms with E-state index in [1.165, 1.54) is 0 Å². The zero-order chi connectivity index (χ0) is 19.4. The van der Waals surface area contributed by atoms with Crippen molar-refractivity contribution in [2.75, 3.05) is 12.8 Å². The fourth-order valence-corrected chi connectivity index (χ4v) is 3.17. The Labute approximate surface area is 173 Å². The molecule has 2 aromatic carbocycles. The standard InChI is InChI=1S/C16H13BrCl2N6O2/c1-26-14-5-9(7-21-25-16(20)22-23-24-25)4-12(17)15(14)27-8-10-2-3-11(18)6-13(10)19/h2-7H,8H2,1H3,(H2,20,22,24). The van der Waals surface area contributed by atoms with Crippen molar-refractivity contribution < 1.29 is 9.47 Å². The minimum atomic E-state index is 0.0806. The highest BCUT2D eigenvalue weighted by Crippen LogP contribution is 2.37. The normalized spacial score (nSPS) is 11.1. The highest BCUT2D eigenvalue weighted by Gasteiger charge is 2.13. The van der Waals surface area contributed by atoms with Crippen molar-refractivity contribution in [3.05, 3.63) is 56.0 Å². The molecule has 1 heterocycles. The number of aromatic nitrogens is 4. The Bertz CT molecular complexity index is 995. The summed E-state index contributed by atoms with van der Waals surface area (Å²) < 4.78 is 12.0. The maximum atomic E-state index is 6.18. The maximum absolute atomic E-state index is 6.18. The molecule has 1 aromatic heterocycles. The predicted molar refractivity (Wildman–Crippen MR) is 107 cm³/mol. The lowest BCUT2D eigenvalue weighted by Gasteiger charge is -2.14. The molecule has 0 unspecified atom stereocenters. The van der Waals surface area contributed by atoms with Crippen molar-refractivity contribution in [2.45, 2.75) is 6.61 Å². The third-order valence-electron chi connectivity index (χ3n) is 3.43. The first-order chi connectivity index (χ1) is 13.0. The van der Waals surface area contributed by atoms with E-state index in [9.17, 15) is 0 Å². The minimum absolute atomic E-state index is 0.0806.